The second-order valence-electron chi connectivity index (χ2n) is 8.60. The number of nitrogen functional groups attached to an aromatic ring is 1. The number of hydrogen-bond acceptors (Lipinski definition) is 5. The van der Waals surface area contributed by atoms with Crippen LogP contribution in [0.4, 0.5) is 16.3 Å². The molecule has 1 amide bonds. The van der Waals surface area contributed by atoms with E-state index in [9.17, 15) is 14.4 Å². The number of unbranched alkanes of at least 4 members (excludes halogenated alkanes) is 9. The lowest BCUT2D eigenvalue weighted by atomic mass is 10.1. The molecule has 0 saturated heterocycles. The molecule has 0 aliphatic rings. The zero-order valence-electron chi connectivity index (χ0n) is 20.7. The number of nitrogens with two attached hydrogens (primary N) is 1. The minimum atomic E-state index is -0.688. The molecule has 2 rings (SSSR count). The number of H-pyrrole nitrogens is 1. The van der Waals surface area contributed by atoms with Gasteiger partial charge in [0.05, 0.1) is 13.2 Å². The Morgan fingerprint density at radius 3 is 2.12 bits per heavy atom. The number of carbonyl (C=O) groups excluding carboxylic acids is 1. The topological polar surface area (TPSA) is 110 Å². The Morgan fingerprint density at radius 1 is 0.941 bits per heavy atom. The van der Waals surface area contributed by atoms with Crippen molar-refractivity contribution in [3.05, 3.63) is 56.7 Å². The lowest BCUT2D eigenvalue weighted by Gasteiger charge is -2.23. The monoisotopic (exact) mass is 472 g/mol. The van der Waals surface area contributed by atoms with Crippen LogP contribution in [0.2, 0.25) is 0 Å². The maximum atomic E-state index is 12.7. The molecule has 1 aromatic heterocycles. The van der Waals surface area contributed by atoms with Crippen molar-refractivity contribution in [2.24, 2.45) is 0 Å². The average Bonchev–Trinajstić information content (AvgIpc) is 2.82. The molecule has 0 aliphatic carbocycles. The van der Waals surface area contributed by atoms with E-state index in [-0.39, 0.29) is 24.7 Å². The minimum Gasteiger partial charge on any atom is -0.449 e. The molecule has 0 atom stereocenters. The summed E-state index contributed by atoms with van der Waals surface area (Å²) in [7, 11) is 0. The van der Waals surface area contributed by atoms with Gasteiger partial charge in [0.2, 0.25) is 0 Å². The third-order valence-electron chi connectivity index (χ3n) is 5.89. The van der Waals surface area contributed by atoms with Gasteiger partial charge >= 0.3 is 11.8 Å². The predicted octanol–water partition coefficient (Wildman–Crippen LogP) is 5.05. The van der Waals surface area contributed by atoms with Crippen molar-refractivity contribution in [3.63, 3.8) is 0 Å². The number of hydrogen-bond donors (Lipinski definition) is 2. The Morgan fingerprint density at radius 2 is 1.53 bits per heavy atom. The lowest BCUT2D eigenvalue weighted by Crippen LogP contribution is -2.42. The maximum absolute atomic E-state index is 12.7. The van der Waals surface area contributed by atoms with E-state index in [1.807, 2.05) is 30.3 Å². The molecule has 8 heteroatoms. The molecule has 2 aromatic rings. The molecular weight excluding hydrogens is 432 g/mol. The van der Waals surface area contributed by atoms with Gasteiger partial charge in [-0.3, -0.25) is 19.2 Å². The number of aromatic nitrogens is 2. The molecule has 0 saturated carbocycles. The standard InChI is InChI=1S/C26H40N4O4/c1-3-5-6-7-8-9-10-11-12-16-19-29(26(33)34-4-2)22-23(27)30(25(32)28-24(22)31)20-21-17-14-13-15-18-21/h13-15,17-18H,3-12,16,19-20,27H2,1-2H3,(H,28,31,32). The highest BCUT2D eigenvalue weighted by Gasteiger charge is 2.25. The lowest BCUT2D eigenvalue weighted by molar-refractivity contribution is 0.159. The molecular formula is C26H40N4O4. The normalized spacial score (nSPS) is 10.9. The number of amides is 1. The number of nitrogens with zero attached hydrogens (tertiary/aromatic N) is 2. The van der Waals surface area contributed by atoms with Gasteiger partial charge in [-0.2, -0.15) is 0 Å². The van der Waals surface area contributed by atoms with Crippen LogP contribution < -0.4 is 21.9 Å². The van der Waals surface area contributed by atoms with Crippen LogP contribution in [0.25, 0.3) is 0 Å². The van der Waals surface area contributed by atoms with Gasteiger partial charge in [0.15, 0.2) is 5.69 Å². The number of aromatic amines is 1. The summed E-state index contributed by atoms with van der Waals surface area (Å²) in [6, 6.07) is 9.33. The first-order valence-corrected chi connectivity index (χ1v) is 12.6. The van der Waals surface area contributed by atoms with Crippen molar-refractivity contribution in [2.45, 2.75) is 84.6 Å². The van der Waals surface area contributed by atoms with Crippen molar-refractivity contribution in [2.75, 3.05) is 23.8 Å². The summed E-state index contributed by atoms with van der Waals surface area (Å²) in [6.07, 6.45) is 10.9. The van der Waals surface area contributed by atoms with Crippen molar-refractivity contribution >= 4 is 17.6 Å². The predicted molar refractivity (Wildman–Crippen MR) is 137 cm³/mol. The van der Waals surface area contributed by atoms with Gasteiger partial charge in [-0.1, -0.05) is 95.0 Å². The fourth-order valence-electron chi connectivity index (χ4n) is 4.01. The van der Waals surface area contributed by atoms with E-state index in [0.29, 0.717) is 13.0 Å². The fourth-order valence-corrected chi connectivity index (χ4v) is 4.01. The number of carbonyl (C=O) groups is 1. The molecule has 8 nitrogen and oxygen atoms in total. The Labute approximate surface area is 202 Å². The van der Waals surface area contributed by atoms with Crippen molar-refractivity contribution < 1.29 is 9.53 Å². The number of nitrogens with one attached hydrogen (secondary N) is 1. The van der Waals surface area contributed by atoms with E-state index in [1.54, 1.807) is 6.92 Å². The van der Waals surface area contributed by atoms with Gasteiger partial charge < -0.3 is 10.5 Å². The third-order valence-corrected chi connectivity index (χ3v) is 5.89. The van der Waals surface area contributed by atoms with Crippen LogP contribution in [-0.2, 0) is 11.3 Å². The third kappa shape index (κ3) is 8.39. The molecule has 0 spiro atoms. The van der Waals surface area contributed by atoms with Crippen LogP contribution in [-0.4, -0.2) is 28.8 Å². The molecule has 3 N–H and O–H groups in total. The van der Waals surface area contributed by atoms with Crippen LogP contribution >= 0.6 is 0 Å². The molecule has 0 radical (unpaired) electrons. The first-order valence-electron chi connectivity index (χ1n) is 12.6. The second-order valence-corrected chi connectivity index (χ2v) is 8.60. The SMILES string of the molecule is CCCCCCCCCCCCN(C(=O)OCC)c1c(N)n(Cc2ccccc2)c(=O)[nH]c1=O. The summed E-state index contributed by atoms with van der Waals surface area (Å²) in [6.45, 7) is 4.59. The summed E-state index contributed by atoms with van der Waals surface area (Å²) in [5, 5.41) is 0. The molecule has 188 valence electrons. The quantitative estimate of drug-likeness (QED) is 0.352. The largest absolute Gasteiger partial charge is 0.449 e. The Balaban J connectivity index is 2.07. The van der Waals surface area contributed by atoms with Gasteiger partial charge in [0, 0.05) is 6.54 Å². The van der Waals surface area contributed by atoms with E-state index in [4.69, 9.17) is 10.5 Å². The number of ether oxygens (including phenoxy) is 1. The van der Waals surface area contributed by atoms with Crippen LogP contribution in [0.3, 0.4) is 0 Å². The molecule has 1 aromatic carbocycles. The van der Waals surface area contributed by atoms with Crippen LogP contribution in [0.1, 0.15) is 83.6 Å². The number of rotatable bonds is 15. The molecule has 0 aliphatic heterocycles. The van der Waals surface area contributed by atoms with Gasteiger partial charge in [-0.15, -0.1) is 0 Å². The molecule has 0 unspecified atom stereocenters. The summed E-state index contributed by atoms with van der Waals surface area (Å²) >= 11 is 0. The Bertz CT molecular complexity index is 985. The highest BCUT2D eigenvalue weighted by Crippen LogP contribution is 2.20. The van der Waals surface area contributed by atoms with Gasteiger partial charge in [-0.25, -0.2) is 9.59 Å². The number of benzene rings is 1. The van der Waals surface area contributed by atoms with Gasteiger partial charge in [-0.05, 0) is 18.9 Å². The summed E-state index contributed by atoms with van der Waals surface area (Å²) in [4.78, 5) is 41.4. The molecule has 1 heterocycles. The van der Waals surface area contributed by atoms with E-state index in [2.05, 4.69) is 11.9 Å². The second kappa shape index (κ2) is 15.0. The Kier molecular flexibility index (Phi) is 12.0. The van der Waals surface area contributed by atoms with Crippen LogP contribution in [0.15, 0.2) is 39.9 Å². The smallest absolute Gasteiger partial charge is 0.414 e. The fraction of sp³-hybridized carbons (Fsp3) is 0.577. The average molecular weight is 473 g/mol. The van der Waals surface area contributed by atoms with E-state index in [1.165, 1.54) is 48.0 Å². The van der Waals surface area contributed by atoms with Crippen molar-refractivity contribution in [1.82, 2.24) is 9.55 Å². The minimum absolute atomic E-state index is 0.0371. The zero-order valence-corrected chi connectivity index (χ0v) is 20.7. The van der Waals surface area contributed by atoms with E-state index in [0.717, 1.165) is 24.8 Å². The summed E-state index contributed by atoms with van der Waals surface area (Å²) in [5.41, 5.74) is 5.80. The highest BCUT2D eigenvalue weighted by atomic mass is 16.6. The van der Waals surface area contributed by atoms with Gasteiger partial charge in [0.25, 0.3) is 5.56 Å². The van der Waals surface area contributed by atoms with Crippen LogP contribution in [0.5, 0.6) is 0 Å². The maximum Gasteiger partial charge on any atom is 0.414 e. The molecule has 34 heavy (non-hydrogen) atoms. The summed E-state index contributed by atoms with van der Waals surface area (Å²) < 4.78 is 6.47. The van der Waals surface area contributed by atoms with Crippen LogP contribution in [0, 0.1) is 0 Å². The summed E-state index contributed by atoms with van der Waals surface area (Å²) in [5.74, 6) is -0.0438. The number of anilines is 2. The zero-order chi connectivity index (χ0) is 24.8. The highest BCUT2D eigenvalue weighted by molar-refractivity contribution is 5.90. The molecule has 0 bridgehead atoms. The van der Waals surface area contributed by atoms with E-state index < -0.39 is 17.3 Å². The van der Waals surface area contributed by atoms with Crippen molar-refractivity contribution in [1.29, 1.82) is 0 Å². The van der Waals surface area contributed by atoms with Crippen molar-refractivity contribution in [3.8, 4) is 0 Å². The first kappa shape index (κ1) is 27.2. The van der Waals surface area contributed by atoms with E-state index >= 15 is 0 Å². The first-order chi connectivity index (χ1) is 16.5. The molecule has 0 fully saturated rings. The van der Waals surface area contributed by atoms with Gasteiger partial charge in [0.1, 0.15) is 5.82 Å². The Hall–Kier alpha value is -3.03.